The van der Waals surface area contributed by atoms with Crippen molar-refractivity contribution in [2.24, 2.45) is 10.9 Å². The van der Waals surface area contributed by atoms with Crippen molar-refractivity contribution >= 4 is 12.0 Å². The van der Waals surface area contributed by atoms with E-state index in [-0.39, 0.29) is 11.0 Å². The molecule has 1 heterocycles. The maximum absolute atomic E-state index is 6.15. The largest absolute Gasteiger partial charge is 0.478 e. The van der Waals surface area contributed by atoms with Gasteiger partial charge in [0.15, 0.2) is 5.90 Å². The molecule has 0 saturated carbocycles. The van der Waals surface area contributed by atoms with Crippen LogP contribution >= 0.6 is 0 Å². The van der Waals surface area contributed by atoms with Crippen molar-refractivity contribution < 1.29 is 4.74 Å². The molecular weight excluding hydrogens is 306 g/mol. The molecule has 0 spiro atoms. The predicted octanol–water partition coefficient (Wildman–Crippen LogP) is 5.04. The van der Waals surface area contributed by atoms with Gasteiger partial charge in [0.25, 0.3) is 0 Å². The van der Waals surface area contributed by atoms with Gasteiger partial charge < -0.3 is 4.74 Å². The lowest BCUT2D eigenvalue weighted by molar-refractivity contribution is 0.249. The van der Waals surface area contributed by atoms with E-state index in [1.165, 1.54) is 16.7 Å². The van der Waals surface area contributed by atoms with Crippen LogP contribution in [0.15, 0.2) is 65.7 Å². The molecule has 0 fully saturated rings. The molecule has 2 heteroatoms. The number of ether oxygens (including phenoxy) is 1. The maximum atomic E-state index is 6.15. The van der Waals surface area contributed by atoms with Crippen LogP contribution in [-0.2, 0) is 16.6 Å². The van der Waals surface area contributed by atoms with Gasteiger partial charge in [0.05, 0.1) is 11.0 Å². The quantitative estimate of drug-likeness (QED) is 0.772. The number of aliphatic imine (C=N–C) groups is 1. The first-order chi connectivity index (χ1) is 12.0. The summed E-state index contributed by atoms with van der Waals surface area (Å²) in [6.45, 7) is 7.23. The molecule has 0 bridgehead atoms. The maximum Gasteiger partial charge on any atom is 0.195 e. The van der Waals surface area contributed by atoms with Gasteiger partial charge in [-0.3, -0.25) is 0 Å². The number of rotatable bonds is 3. The molecule has 2 atom stereocenters. The van der Waals surface area contributed by atoms with Gasteiger partial charge in [-0.2, -0.15) is 0 Å². The highest BCUT2D eigenvalue weighted by molar-refractivity contribution is 5.92. The Morgan fingerprint density at radius 2 is 1.72 bits per heavy atom. The van der Waals surface area contributed by atoms with Crippen LogP contribution in [-0.4, -0.2) is 18.0 Å². The lowest BCUT2D eigenvalue weighted by Gasteiger charge is -2.39. The van der Waals surface area contributed by atoms with E-state index < -0.39 is 0 Å². The zero-order valence-electron chi connectivity index (χ0n) is 15.2. The van der Waals surface area contributed by atoms with Crippen molar-refractivity contribution in [3.05, 3.63) is 77.4 Å². The minimum Gasteiger partial charge on any atom is -0.478 e. The third kappa shape index (κ3) is 2.80. The van der Waals surface area contributed by atoms with E-state index in [0.717, 1.165) is 12.3 Å². The first kappa shape index (κ1) is 16.1. The van der Waals surface area contributed by atoms with Crippen molar-refractivity contribution in [3.8, 4) is 0 Å². The molecule has 0 amide bonds. The molecule has 2 aromatic rings. The van der Waals surface area contributed by atoms with Gasteiger partial charge in [-0.25, -0.2) is 4.99 Å². The second-order valence-electron chi connectivity index (χ2n) is 7.96. The summed E-state index contributed by atoms with van der Waals surface area (Å²) < 4.78 is 6.15. The van der Waals surface area contributed by atoms with E-state index in [9.17, 15) is 0 Å². The van der Waals surface area contributed by atoms with Gasteiger partial charge >= 0.3 is 0 Å². The van der Waals surface area contributed by atoms with Crippen molar-refractivity contribution in [1.82, 2.24) is 0 Å². The Balaban J connectivity index is 1.81. The van der Waals surface area contributed by atoms with Crippen LogP contribution in [0.4, 0.5) is 0 Å². The van der Waals surface area contributed by atoms with Crippen LogP contribution in [0, 0.1) is 5.92 Å². The zero-order valence-corrected chi connectivity index (χ0v) is 15.2. The molecule has 2 aliphatic rings. The van der Waals surface area contributed by atoms with E-state index in [1.54, 1.807) is 0 Å². The number of nitrogens with zero attached hydrogens (tertiary/aromatic N) is 1. The van der Waals surface area contributed by atoms with E-state index >= 15 is 0 Å². The fourth-order valence-electron chi connectivity index (χ4n) is 3.99. The summed E-state index contributed by atoms with van der Waals surface area (Å²) in [5, 5.41) is 0. The average molecular weight is 331 g/mol. The molecule has 0 unspecified atom stereocenters. The standard InChI is InChI=1S/C23H25NO/c1-22(2)16-25-21(24-22)23(3)19(15-17-9-5-4-6-10-17)14-13-18-11-7-8-12-20(18)23/h4-14,19H,15-16H2,1-3H3/t19-,23+/m1/s1. The topological polar surface area (TPSA) is 21.6 Å². The van der Waals surface area contributed by atoms with Crippen molar-refractivity contribution in [1.29, 1.82) is 0 Å². The molecule has 2 nitrogen and oxygen atoms in total. The predicted molar refractivity (Wildman–Crippen MR) is 104 cm³/mol. The fraction of sp³-hybridized carbons (Fsp3) is 0.348. The second-order valence-corrected chi connectivity index (χ2v) is 7.96. The number of benzene rings is 2. The summed E-state index contributed by atoms with van der Waals surface area (Å²) in [5.74, 6) is 1.20. The highest BCUT2D eigenvalue weighted by atomic mass is 16.5. The van der Waals surface area contributed by atoms with Crippen LogP contribution in [0.1, 0.15) is 37.5 Å². The van der Waals surface area contributed by atoms with E-state index in [0.29, 0.717) is 12.5 Å². The summed E-state index contributed by atoms with van der Waals surface area (Å²) in [7, 11) is 0. The highest BCUT2D eigenvalue weighted by Crippen LogP contribution is 2.44. The molecule has 1 aliphatic heterocycles. The Kier molecular flexibility index (Phi) is 3.79. The Morgan fingerprint density at radius 3 is 2.44 bits per heavy atom. The summed E-state index contributed by atoms with van der Waals surface area (Å²) in [5.41, 5.74) is 3.54. The molecule has 128 valence electrons. The third-order valence-corrected chi connectivity index (χ3v) is 5.48. The normalized spacial score (nSPS) is 26.7. The van der Waals surface area contributed by atoms with Crippen LogP contribution in [0.5, 0.6) is 0 Å². The number of allylic oxidation sites excluding steroid dienone is 1. The lowest BCUT2D eigenvalue weighted by atomic mass is 9.65. The zero-order chi connectivity index (χ0) is 17.5. The Bertz CT molecular complexity index is 834. The molecule has 0 radical (unpaired) electrons. The Morgan fingerprint density at radius 1 is 1.00 bits per heavy atom. The van der Waals surface area contributed by atoms with Gasteiger partial charge in [-0.15, -0.1) is 0 Å². The lowest BCUT2D eigenvalue weighted by Crippen LogP contribution is -2.43. The van der Waals surface area contributed by atoms with E-state index in [4.69, 9.17) is 9.73 Å². The third-order valence-electron chi connectivity index (χ3n) is 5.48. The SMILES string of the molecule is CC1(C)COC([C@]2(C)c3ccccc3C=C[C@@H]2Cc2ccccc2)=N1. The second kappa shape index (κ2) is 5.87. The Labute approximate surface area is 150 Å². The first-order valence-corrected chi connectivity index (χ1v) is 9.04. The van der Waals surface area contributed by atoms with Gasteiger partial charge in [-0.05, 0) is 49.8 Å². The molecule has 0 aromatic heterocycles. The molecule has 1 aliphatic carbocycles. The molecule has 25 heavy (non-hydrogen) atoms. The van der Waals surface area contributed by atoms with Crippen molar-refractivity contribution in [2.75, 3.05) is 6.61 Å². The van der Waals surface area contributed by atoms with Crippen LogP contribution in [0.25, 0.3) is 6.08 Å². The average Bonchev–Trinajstić information content (AvgIpc) is 2.99. The molecule has 0 N–H and O–H groups in total. The van der Waals surface area contributed by atoms with Crippen LogP contribution < -0.4 is 0 Å². The van der Waals surface area contributed by atoms with Gasteiger partial charge in [-0.1, -0.05) is 66.7 Å². The van der Waals surface area contributed by atoms with Gasteiger partial charge in [0.1, 0.15) is 6.61 Å². The van der Waals surface area contributed by atoms with Crippen molar-refractivity contribution in [3.63, 3.8) is 0 Å². The fourth-order valence-corrected chi connectivity index (χ4v) is 3.99. The number of hydrogen-bond acceptors (Lipinski definition) is 2. The summed E-state index contributed by atoms with van der Waals surface area (Å²) >= 11 is 0. The summed E-state index contributed by atoms with van der Waals surface area (Å²) in [6, 6.07) is 19.3. The molecule has 2 aromatic carbocycles. The van der Waals surface area contributed by atoms with E-state index in [1.807, 2.05) is 0 Å². The summed E-state index contributed by atoms with van der Waals surface area (Å²) in [4.78, 5) is 4.97. The van der Waals surface area contributed by atoms with Crippen molar-refractivity contribution in [2.45, 2.75) is 38.1 Å². The smallest absolute Gasteiger partial charge is 0.195 e. The van der Waals surface area contributed by atoms with Gasteiger partial charge in [0.2, 0.25) is 0 Å². The number of fused-ring (bicyclic) bond motifs is 1. The first-order valence-electron chi connectivity index (χ1n) is 9.04. The van der Waals surface area contributed by atoms with Gasteiger partial charge in [0, 0.05) is 0 Å². The van der Waals surface area contributed by atoms with Crippen LogP contribution in [0.2, 0.25) is 0 Å². The monoisotopic (exact) mass is 331 g/mol. The molecule has 4 rings (SSSR count). The van der Waals surface area contributed by atoms with Crippen LogP contribution in [0.3, 0.4) is 0 Å². The Hall–Kier alpha value is -2.35. The molecular formula is C23H25NO. The minimum absolute atomic E-state index is 0.147. The summed E-state index contributed by atoms with van der Waals surface area (Å²) in [6.07, 6.45) is 5.57. The number of hydrogen-bond donors (Lipinski definition) is 0. The van der Waals surface area contributed by atoms with E-state index in [2.05, 4.69) is 87.5 Å². The highest BCUT2D eigenvalue weighted by Gasteiger charge is 2.47. The minimum atomic E-state index is -0.241. The molecule has 0 saturated heterocycles.